The highest BCUT2D eigenvalue weighted by molar-refractivity contribution is 6.34. The van der Waals surface area contributed by atoms with Crippen molar-refractivity contribution in [3.8, 4) is 0 Å². The molecule has 21 heavy (non-hydrogen) atoms. The molecule has 2 nitrogen and oxygen atoms in total. The standard InChI is InChI=1S/C17H20Cl2N2/c1-2-10-20-16(9-8-13-6-4-3-5-7-13)17-15(19)11-14(18)12-21-17/h3-7,11-12,16,20H,2,8-10H2,1H3. The first-order valence-corrected chi connectivity index (χ1v) is 8.04. The minimum Gasteiger partial charge on any atom is -0.309 e. The zero-order valence-electron chi connectivity index (χ0n) is 12.2. The first kappa shape index (κ1) is 16.3. The van der Waals surface area contributed by atoms with E-state index in [0.29, 0.717) is 10.0 Å². The second-order valence-electron chi connectivity index (χ2n) is 5.05. The van der Waals surface area contributed by atoms with Crippen molar-refractivity contribution in [2.24, 2.45) is 0 Å². The van der Waals surface area contributed by atoms with Gasteiger partial charge in [0.15, 0.2) is 0 Å². The van der Waals surface area contributed by atoms with Gasteiger partial charge in [0.1, 0.15) is 0 Å². The molecule has 0 amide bonds. The Labute approximate surface area is 136 Å². The van der Waals surface area contributed by atoms with E-state index >= 15 is 0 Å². The molecule has 0 aliphatic carbocycles. The zero-order chi connectivity index (χ0) is 15.1. The summed E-state index contributed by atoms with van der Waals surface area (Å²) in [5.41, 5.74) is 2.20. The fraction of sp³-hybridized carbons (Fsp3) is 0.353. The highest BCUT2D eigenvalue weighted by Crippen LogP contribution is 2.26. The molecule has 0 aliphatic heterocycles. The third kappa shape index (κ3) is 4.99. The van der Waals surface area contributed by atoms with Crippen LogP contribution in [0.2, 0.25) is 10.0 Å². The third-order valence-corrected chi connectivity index (χ3v) is 3.88. The average Bonchev–Trinajstić information content (AvgIpc) is 2.49. The third-order valence-electron chi connectivity index (χ3n) is 3.37. The molecule has 0 spiro atoms. The molecule has 0 saturated carbocycles. The Kier molecular flexibility index (Phi) is 6.50. The van der Waals surface area contributed by atoms with Gasteiger partial charge in [-0.05, 0) is 37.4 Å². The number of nitrogens with zero attached hydrogens (tertiary/aromatic N) is 1. The molecule has 0 saturated heterocycles. The molecule has 1 N–H and O–H groups in total. The molecule has 1 heterocycles. The van der Waals surface area contributed by atoms with Gasteiger partial charge in [0.05, 0.1) is 21.8 Å². The lowest BCUT2D eigenvalue weighted by Gasteiger charge is -2.19. The van der Waals surface area contributed by atoms with Crippen LogP contribution in [0.3, 0.4) is 0 Å². The van der Waals surface area contributed by atoms with E-state index in [1.54, 1.807) is 12.3 Å². The summed E-state index contributed by atoms with van der Waals surface area (Å²) in [7, 11) is 0. The highest BCUT2D eigenvalue weighted by Gasteiger charge is 2.16. The topological polar surface area (TPSA) is 24.9 Å². The number of hydrogen-bond acceptors (Lipinski definition) is 2. The van der Waals surface area contributed by atoms with Gasteiger partial charge in [0, 0.05) is 6.20 Å². The first-order valence-electron chi connectivity index (χ1n) is 7.29. The maximum Gasteiger partial charge on any atom is 0.0760 e. The molecule has 0 radical (unpaired) electrons. The molecule has 2 rings (SSSR count). The molecule has 1 aromatic carbocycles. The van der Waals surface area contributed by atoms with E-state index in [4.69, 9.17) is 23.2 Å². The summed E-state index contributed by atoms with van der Waals surface area (Å²) in [5, 5.41) is 4.73. The van der Waals surface area contributed by atoms with Crippen LogP contribution in [0.4, 0.5) is 0 Å². The Morgan fingerprint density at radius 2 is 1.95 bits per heavy atom. The fourth-order valence-corrected chi connectivity index (χ4v) is 2.80. The Morgan fingerprint density at radius 1 is 1.19 bits per heavy atom. The fourth-order valence-electron chi connectivity index (χ4n) is 2.29. The van der Waals surface area contributed by atoms with Crippen LogP contribution >= 0.6 is 23.2 Å². The van der Waals surface area contributed by atoms with Crippen LogP contribution in [0.5, 0.6) is 0 Å². The van der Waals surface area contributed by atoms with Crippen molar-refractivity contribution in [1.82, 2.24) is 10.3 Å². The number of rotatable bonds is 7. The van der Waals surface area contributed by atoms with Gasteiger partial charge in [0.25, 0.3) is 0 Å². The van der Waals surface area contributed by atoms with Crippen LogP contribution in [0, 0.1) is 0 Å². The number of pyridine rings is 1. The van der Waals surface area contributed by atoms with E-state index in [9.17, 15) is 0 Å². The summed E-state index contributed by atoms with van der Waals surface area (Å²) in [6, 6.07) is 12.4. The van der Waals surface area contributed by atoms with Gasteiger partial charge in [-0.15, -0.1) is 0 Å². The van der Waals surface area contributed by atoms with Crippen LogP contribution in [0.15, 0.2) is 42.6 Å². The molecule has 4 heteroatoms. The molecule has 0 fully saturated rings. The van der Waals surface area contributed by atoms with Gasteiger partial charge in [-0.2, -0.15) is 0 Å². The van der Waals surface area contributed by atoms with E-state index < -0.39 is 0 Å². The second-order valence-corrected chi connectivity index (χ2v) is 5.90. The predicted octanol–water partition coefficient (Wildman–Crippen LogP) is 5.06. The summed E-state index contributed by atoms with van der Waals surface area (Å²) in [6.07, 6.45) is 4.68. The van der Waals surface area contributed by atoms with Crippen molar-refractivity contribution >= 4 is 23.2 Å². The minimum atomic E-state index is 0.148. The summed E-state index contributed by atoms with van der Waals surface area (Å²) in [5.74, 6) is 0. The Morgan fingerprint density at radius 3 is 2.62 bits per heavy atom. The normalized spacial score (nSPS) is 12.3. The summed E-state index contributed by atoms with van der Waals surface area (Å²) >= 11 is 12.2. The lowest BCUT2D eigenvalue weighted by atomic mass is 10.0. The van der Waals surface area contributed by atoms with Gasteiger partial charge in [-0.25, -0.2) is 0 Å². The van der Waals surface area contributed by atoms with E-state index in [1.807, 2.05) is 6.07 Å². The quantitative estimate of drug-likeness (QED) is 0.770. The maximum atomic E-state index is 6.30. The summed E-state index contributed by atoms with van der Waals surface area (Å²) < 4.78 is 0. The second kappa shape index (κ2) is 8.38. The molecular weight excluding hydrogens is 303 g/mol. The first-order chi connectivity index (χ1) is 10.2. The zero-order valence-corrected chi connectivity index (χ0v) is 13.7. The number of aromatic nitrogens is 1. The van der Waals surface area contributed by atoms with E-state index in [2.05, 4.69) is 41.5 Å². The molecular formula is C17H20Cl2N2. The van der Waals surface area contributed by atoms with Crippen LogP contribution in [-0.4, -0.2) is 11.5 Å². The van der Waals surface area contributed by atoms with E-state index in [0.717, 1.165) is 31.5 Å². The van der Waals surface area contributed by atoms with Crippen LogP contribution in [0.25, 0.3) is 0 Å². The smallest absolute Gasteiger partial charge is 0.0760 e. The molecule has 0 aliphatic rings. The maximum absolute atomic E-state index is 6.30. The lowest BCUT2D eigenvalue weighted by Crippen LogP contribution is -2.24. The van der Waals surface area contributed by atoms with Gasteiger partial charge < -0.3 is 5.32 Å². The van der Waals surface area contributed by atoms with Crippen molar-refractivity contribution in [1.29, 1.82) is 0 Å². The van der Waals surface area contributed by atoms with Crippen molar-refractivity contribution in [2.75, 3.05) is 6.54 Å². The summed E-state index contributed by atoms with van der Waals surface area (Å²) in [6.45, 7) is 3.10. The van der Waals surface area contributed by atoms with E-state index in [1.165, 1.54) is 5.56 Å². The summed E-state index contributed by atoms with van der Waals surface area (Å²) in [4.78, 5) is 4.42. The Bertz CT molecular complexity index is 558. The molecule has 0 bridgehead atoms. The molecule has 1 aromatic heterocycles. The average molecular weight is 323 g/mol. The molecule has 1 atom stereocenters. The largest absolute Gasteiger partial charge is 0.309 e. The Balaban J connectivity index is 2.10. The van der Waals surface area contributed by atoms with Gasteiger partial charge >= 0.3 is 0 Å². The number of nitrogens with one attached hydrogen (secondary N) is 1. The number of benzene rings is 1. The van der Waals surface area contributed by atoms with Crippen molar-refractivity contribution in [3.05, 3.63) is 63.9 Å². The van der Waals surface area contributed by atoms with Gasteiger partial charge in [-0.3, -0.25) is 4.98 Å². The monoisotopic (exact) mass is 322 g/mol. The number of hydrogen-bond donors (Lipinski definition) is 1. The lowest BCUT2D eigenvalue weighted by molar-refractivity contribution is 0.489. The van der Waals surface area contributed by atoms with Gasteiger partial charge in [-0.1, -0.05) is 60.5 Å². The molecule has 2 aromatic rings. The molecule has 112 valence electrons. The number of halogens is 2. The van der Waals surface area contributed by atoms with Crippen LogP contribution in [0.1, 0.15) is 37.1 Å². The van der Waals surface area contributed by atoms with E-state index in [-0.39, 0.29) is 6.04 Å². The van der Waals surface area contributed by atoms with Crippen molar-refractivity contribution < 1.29 is 0 Å². The predicted molar refractivity (Wildman–Crippen MR) is 90.1 cm³/mol. The number of aryl methyl sites for hydroxylation is 1. The SMILES string of the molecule is CCCNC(CCc1ccccc1)c1ncc(Cl)cc1Cl. The van der Waals surface area contributed by atoms with Crippen molar-refractivity contribution in [3.63, 3.8) is 0 Å². The Hall–Kier alpha value is -1.09. The molecule has 1 unspecified atom stereocenters. The van der Waals surface area contributed by atoms with Crippen LogP contribution in [-0.2, 0) is 6.42 Å². The van der Waals surface area contributed by atoms with Crippen LogP contribution < -0.4 is 5.32 Å². The minimum absolute atomic E-state index is 0.148. The van der Waals surface area contributed by atoms with Gasteiger partial charge in [0.2, 0.25) is 0 Å². The highest BCUT2D eigenvalue weighted by atomic mass is 35.5. The van der Waals surface area contributed by atoms with Crippen molar-refractivity contribution in [2.45, 2.75) is 32.2 Å².